The van der Waals surface area contributed by atoms with Crippen molar-refractivity contribution in [3.05, 3.63) is 29.6 Å². The Morgan fingerprint density at radius 1 is 1.19 bits per heavy atom. The predicted octanol–water partition coefficient (Wildman–Crippen LogP) is 1.87. The zero-order valence-corrected chi connectivity index (χ0v) is 9.78. The van der Waals surface area contributed by atoms with Gasteiger partial charge >= 0.3 is 0 Å². The van der Waals surface area contributed by atoms with E-state index in [9.17, 15) is 0 Å². The Kier molecular flexibility index (Phi) is 2.34. The van der Waals surface area contributed by atoms with Crippen molar-refractivity contribution in [2.75, 3.05) is 11.5 Å². The van der Waals surface area contributed by atoms with Crippen LogP contribution in [0.2, 0.25) is 0 Å². The van der Waals surface area contributed by atoms with Gasteiger partial charge in [0, 0.05) is 35.2 Å². The van der Waals surface area contributed by atoms with Gasteiger partial charge in [-0.1, -0.05) is 6.07 Å². The quantitative estimate of drug-likeness (QED) is 0.715. The molecule has 0 saturated carbocycles. The fourth-order valence-corrected chi connectivity index (χ4v) is 1.97. The molecule has 0 spiro atoms. The van der Waals surface area contributed by atoms with Gasteiger partial charge in [-0.3, -0.25) is 4.68 Å². The summed E-state index contributed by atoms with van der Waals surface area (Å²) in [6, 6.07) is 5.58. The number of aromatic nitrogens is 2. The lowest BCUT2D eigenvalue weighted by atomic mass is 10.0. The maximum Gasteiger partial charge on any atom is 0.0675 e. The summed E-state index contributed by atoms with van der Waals surface area (Å²) in [5.41, 5.74) is 17.2. The van der Waals surface area contributed by atoms with E-state index >= 15 is 0 Å². The van der Waals surface area contributed by atoms with Crippen LogP contribution in [0, 0.1) is 13.8 Å². The van der Waals surface area contributed by atoms with Crippen LogP contribution in [0.15, 0.2) is 18.2 Å². The SMILES string of the molecule is Cc1nn(C)c(C)c1-c1ccc(N)cc1N. The summed E-state index contributed by atoms with van der Waals surface area (Å²) in [4.78, 5) is 0. The van der Waals surface area contributed by atoms with Crippen LogP contribution in [0.25, 0.3) is 11.1 Å². The van der Waals surface area contributed by atoms with E-state index in [0.29, 0.717) is 11.4 Å². The van der Waals surface area contributed by atoms with Crippen LogP contribution in [0.1, 0.15) is 11.4 Å². The van der Waals surface area contributed by atoms with Gasteiger partial charge in [0.25, 0.3) is 0 Å². The Labute approximate surface area is 94.9 Å². The van der Waals surface area contributed by atoms with Gasteiger partial charge in [-0.2, -0.15) is 5.10 Å². The number of benzene rings is 1. The van der Waals surface area contributed by atoms with Gasteiger partial charge in [0.1, 0.15) is 0 Å². The van der Waals surface area contributed by atoms with Gasteiger partial charge in [0.15, 0.2) is 0 Å². The van der Waals surface area contributed by atoms with Crippen molar-refractivity contribution in [1.29, 1.82) is 0 Å². The molecule has 0 aliphatic heterocycles. The van der Waals surface area contributed by atoms with Crippen molar-refractivity contribution in [2.45, 2.75) is 13.8 Å². The van der Waals surface area contributed by atoms with E-state index < -0.39 is 0 Å². The van der Waals surface area contributed by atoms with Crippen LogP contribution in [0.4, 0.5) is 11.4 Å². The van der Waals surface area contributed by atoms with Crippen molar-refractivity contribution in [2.24, 2.45) is 7.05 Å². The first-order chi connectivity index (χ1) is 7.50. The molecule has 4 heteroatoms. The highest BCUT2D eigenvalue weighted by molar-refractivity contribution is 5.81. The maximum absolute atomic E-state index is 5.98. The topological polar surface area (TPSA) is 69.9 Å². The number of nitrogens with zero attached hydrogens (tertiary/aromatic N) is 2. The van der Waals surface area contributed by atoms with Crippen molar-refractivity contribution >= 4 is 11.4 Å². The Morgan fingerprint density at radius 3 is 2.38 bits per heavy atom. The van der Waals surface area contributed by atoms with E-state index in [0.717, 1.165) is 22.5 Å². The first kappa shape index (κ1) is 10.5. The minimum atomic E-state index is 0.681. The molecule has 4 nitrogen and oxygen atoms in total. The molecule has 1 heterocycles. The van der Waals surface area contributed by atoms with Gasteiger partial charge in [-0.15, -0.1) is 0 Å². The highest BCUT2D eigenvalue weighted by Crippen LogP contribution is 2.32. The lowest BCUT2D eigenvalue weighted by Gasteiger charge is -2.07. The molecule has 0 unspecified atom stereocenters. The number of hydrogen-bond donors (Lipinski definition) is 2. The van der Waals surface area contributed by atoms with E-state index in [2.05, 4.69) is 5.10 Å². The van der Waals surface area contributed by atoms with Gasteiger partial charge in [0.05, 0.1) is 5.69 Å². The minimum absolute atomic E-state index is 0.681. The lowest BCUT2D eigenvalue weighted by molar-refractivity contribution is 0.731. The van der Waals surface area contributed by atoms with E-state index in [1.807, 2.05) is 37.7 Å². The van der Waals surface area contributed by atoms with E-state index in [1.165, 1.54) is 0 Å². The van der Waals surface area contributed by atoms with Gasteiger partial charge < -0.3 is 11.5 Å². The third-order valence-corrected chi connectivity index (χ3v) is 2.85. The monoisotopic (exact) mass is 216 g/mol. The number of anilines is 2. The van der Waals surface area contributed by atoms with E-state index in [4.69, 9.17) is 11.5 Å². The largest absolute Gasteiger partial charge is 0.399 e. The van der Waals surface area contributed by atoms with Gasteiger partial charge in [0.2, 0.25) is 0 Å². The molecule has 84 valence electrons. The molecule has 2 rings (SSSR count). The molecule has 0 atom stereocenters. The molecule has 0 aliphatic rings. The average molecular weight is 216 g/mol. The zero-order chi connectivity index (χ0) is 11.9. The van der Waals surface area contributed by atoms with Crippen LogP contribution in [0.5, 0.6) is 0 Å². The third kappa shape index (κ3) is 1.52. The summed E-state index contributed by atoms with van der Waals surface area (Å²) >= 11 is 0. The van der Waals surface area contributed by atoms with Crippen molar-refractivity contribution < 1.29 is 0 Å². The Morgan fingerprint density at radius 2 is 1.88 bits per heavy atom. The molecule has 1 aromatic heterocycles. The van der Waals surface area contributed by atoms with Crippen molar-refractivity contribution in [1.82, 2.24) is 9.78 Å². The Balaban J connectivity index is 2.67. The van der Waals surface area contributed by atoms with E-state index in [1.54, 1.807) is 6.07 Å². The summed E-state index contributed by atoms with van der Waals surface area (Å²) < 4.78 is 1.86. The van der Waals surface area contributed by atoms with Crippen LogP contribution in [0.3, 0.4) is 0 Å². The van der Waals surface area contributed by atoms with Crippen LogP contribution in [-0.4, -0.2) is 9.78 Å². The molecule has 2 aromatic rings. The summed E-state index contributed by atoms with van der Waals surface area (Å²) in [5.74, 6) is 0. The summed E-state index contributed by atoms with van der Waals surface area (Å²) in [6.45, 7) is 4.02. The smallest absolute Gasteiger partial charge is 0.0675 e. The molecule has 0 amide bonds. The summed E-state index contributed by atoms with van der Waals surface area (Å²) in [7, 11) is 1.93. The number of nitrogen functional groups attached to an aromatic ring is 2. The van der Waals surface area contributed by atoms with Crippen molar-refractivity contribution in [3.8, 4) is 11.1 Å². The first-order valence-electron chi connectivity index (χ1n) is 5.16. The molecule has 0 aliphatic carbocycles. The molecule has 4 N–H and O–H groups in total. The van der Waals surface area contributed by atoms with Gasteiger partial charge in [-0.05, 0) is 26.0 Å². The number of aryl methyl sites for hydroxylation is 2. The summed E-state index contributed by atoms with van der Waals surface area (Å²) in [5, 5.41) is 4.38. The average Bonchev–Trinajstić information content (AvgIpc) is 2.43. The molecular weight excluding hydrogens is 200 g/mol. The highest BCUT2D eigenvalue weighted by atomic mass is 15.3. The minimum Gasteiger partial charge on any atom is -0.399 e. The van der Waals surface area contributed by atoms with Crippen LogP contribution in [-0.2, 0) is 7.05 Å². The van der Waals surface area contributed by atoms with E-state index in [-0.39, 0.29) is 0 Å². The fourth-order valence-electron chi connectivity index (χ4n) is 1.97. The standard InChI is InChI=1S/C12H16N4/c1-7-12(8(2)16(3)15-7)10-5-4-9(13)6-11(10)14/h4-6H,13-14H2,1-3H3. The normalized spacial score (nSPS) is 10.7. The number of hydrogen-bond acceptors (Lipinski definition) is 3. The number of rotatable bonds is 1. The Bertz CT molecular complexity index is 540. The molecular formula is C12H16N4. The number of nitrogens with two attached hydrogens (primary N) is 2. The zero-order valence-electron chi connectivity index (χ0n) is 9.78. The predicted molar refractivity (Wildman–Crippen MR) is 66.9 cm³/mol. The maximum atomic E-state index is 5.98. The molecule has 1 aromatic carbocycles. The second-order valence-electron chi connectivity index (χ2n) is 4.02. The Hall–Kier alpha value is -1.97. The third-order valence-electron chi connectivity index (χ3n) is 2.85. The molecule has 0 bridgehead atoms. The summed E-state index contributed by atoms with van der Waals surface area (Å²) in [6.07, 6.45) is 0. The molecule has 16 heavy (non-hydrogen) atoms. The lowest BCUT2D eigenvalue weighted by Crippen LogP contribution is -1.95. The van der Waals surface area contributed by atoms with Crippen molar-refractivity contribution in [3.63, 3.8) is 0 Å². The van der Waals surface area contributed by atoms with Crippen LogP contribution >= 0.6 is 0 Å². The first-order valence-corrected chi connectivity index (χ1v) is 5.16. The second-order valence-corrected chi connectivity index (χ2v) is 4.02. The molecule has 0 saturated heterocycles. The molecule has 0 radical (unpaired) electrons. The highest BCUT2D eigenvalue weighted by Gasteiger charge is 2.13. The van der Waals surface area contributed by atoms with Crippen LogP contribution < -0.4 is 11.5 Å². The second kappa shape index (κ2) is 3.56. The molecule has 0 fully saturated rings. The van der Waals surface area contributed by atoms with Gasteiger partial charge in [-0.25, -0.2) is 0 Å². The fraction of sp³-hybridized carbons (Fsp3) is 0.250.